The number of nitrogen functional groups attached to an aromatic ring is 1. The van der Waals surface area contributed by atoms with E-state index in [1.165, 1.54) is 18.6 Å². The zero-order chi connectivity index (χ0) is 28.4. The summed E-state index contributed by atoms with van der Waals surface area (Å²) in [5, 5.41) is 7.69. The molecular weight excluding hydrogens is 526 g/mol. The molecule has 2 saturated heterocycles. The molecule has 5 rings (SSSR count). The van der Waals surface area contributed by atoms with Crippen LogP contribution >= 0.6 is 0 Å². The molecule has 3 aromatic rings. The number of rotatable bonds is 8. The van der Waals surface area contributed by atoms with Crippen LogP contribution in [0, 0.1) is 11.2 Å². The highest BCUT2D eigenvalue weighted by molar-refractivity contribution is 6.12. The van der Waals surface area contributed by atoms with Crippen LogP contribution in [0.3, 0.4) is 0 Å². The fourth-order valence-corrected chi connectivity index (χ4v) is 5.29. The summed E-state index contributed by atoms with van der Waals surface area (Å²) in [6.07, 6.45) is 3.36. The number of benzene rings is 1. The summed E-state index contributed by atoms with van der Waals surface area (Å²) in [5.41, 5.74) is 12.1. The number of aromatic nitrogens is 4. The lowest BCUT2D eigenvalue weighted by Gasteiger charge is -2.34. The van der Waals surface area contributed by atoms with Gasteiger partial charge in [0.1, 0.15) is 29.6 Å². The van der Waals surface area contributed by atoms with Crippen molar-refractivity contribution in [2.24, 2.45) is 5.73 Å². The van der Waals surface area contributed by atoms with Crippen molar-refractivity contribution in [3.63, 3.8) is 0 Å². The van der Waals surface area contributed by atoms with E-state index in [-0.39, 0.29) is 17.3 Å². The Morgan fingerprint density at radius 1 is 1.10 bits per heavy atom. The maximum atomic E-state index is 13.9. The van der Waals surface area contributed by atoms with E-state index in [9.17, 15) is 17.6 Å². The molecule has 2 aliphatic rings. The second kappa shape index (κ2) is 11.2. The van der Waals surface area contributed by atoms with Crippen molar-refractivity contribution in [1.29, 1.82) is 5.41 Å². The quantitative estimate of drug-likeness (QED) is 0.281. The molecule has 1 aromatic carbocycles. The molecule has 212 valence electrons. The molecule has 13 heteroatoms. The van der Waals surface area contributed by atoms with Gasteiger partial charge >= 0.3 is 6.18 Å². The van der Waals surface area contributed by atoms with Crippen molar-refractivity contribution in [3.8, 4) is 11.3 Å². The van der Waals surface area contributed by atoms with Crippen LogP contribution in [0.1, 0.15) is 42.1 Å². The van der Waals surface area contributed by atoms with Crippen LogP contribution in [0.5, 0.6) is 0 Å². The van der Waals surface area contributed by atoms with Gasteiger partial charge in [-0.25, -0.2) is 19.3 Å². The first kappa shape index (κ1) is 27.6. The minimum Gasteiger partial charge on any atom is -0.404 e. The summed E-state index contributed by atoms with van der Waals surface area (Å²) in [4.78, 5) is 17.7. The Morgan fingerprint density at radius 2 is 1.85 bits per heavy atom. The summed E-state index contributed by atoms with van der Waals surface area (Å²) >= 11 is 0. The maximum absolute atomic E-state index is 13.9. The van der Waals surface area contributed by atoms with Gasteiger partial charge in [0.25, 0.3) is 0 Å². The highest BCUT2D eigenvalue weighted by atomic mass is 19.4. The lowest BCUT2D eigenvalue weighted by Crippen LogP contribution is -2.39. The third-order valence-electron chi connectivity index (χ3n) is 7.62. The minimum atomic E-state index is -4.80. The first-order valence-corrected chi connectivity index (χ1v) is 13.1. The number of allylic oxidation sites excluding steroid dienone is 1. The molecule has 4 heterocycles. The van der Waals surface area contributed by atoms with E-state index in [0.29, 0.717) is 55.1 Å². The van der Waals surface area contributed by atoms with Gasteiger partial charge in [-0.15, -0.1) is 0 Å². The number of hydrogen-bond donors (Lipinski definition) is 3. The first-order chi connectivity index (χ1) is 19.2. The van der Waals surface area contributed by atoms with Gasteiger partial charge in [-0.3, -0.25) is 0 Å². The fourth-order valence-electron chi connectivity index (χ4n) is 5.29. The molecule has 0 saturated carbocycles. The summed E-state index contributed by atoms with van der Waals surface area (Å²) < 4.78 is 56.1. The minimum absolute atomic E-state index is 0.0545. The number of likely N-dealkylation sites (tertiary alicyclic amines) is 1. The maximum Gasteiger partial charge on any atom is 0.419 e. The van der Waals surface area contributed by atoms with E-state index in [4.69, 9.17) is 21.9 Å². The average molecular weight is 558 g/mol. The average Bonchev–Trinajstić information content (AvgIpc) is 3.33. The number of anilines is 2. The Morgan fingerprint density at radius 3 is 2.48 bits per heavy atom. The number of nitrogens with one attached hydrogen (secondary N) is 1. The van der Waals surface area contributed by atoms with E-state index in [1.807, 2.05) is 4.57 Å². The Bertz CT molecular complexity index is 1400. The lowest BCUT2D eigenvalue weighted by molar-refractivity contribution is -0.139. The van der Waals surface area contributed by atoms with Crippen molar-refractivity contribution in [2.45, 2.75) is 37.9 Å². The number of nitrogens with two attached hydrogens (primary N) is 2. The van der Waals surface area contributed by atoms with E-state index in [0.717, 1.165) is 50.2 Å². The molecule has 0 atom stereocenters. The van der Waals surface area contributed by atoms with E-state index < -0.39 is 17.6 Å². The second-order valence-electron chi connectivity index (χ2n) is 10.1. The van der Waals surface area contributed by atoms with E-state index >= 15 is 0 Å². The topological polar surface area (TPSA) is 126 Å². The number of imidazole rings is 1. The molecule has 0 radical (unpaired) electrons. The molecule has 2 aromatic heterocycles. The van der Waals surface area contributed by atoms with E-state index in [2.05, 4.69) is 19.8 Å². The Kier molecular flexibility index (Phi) is 7.74. The smallest absolute Gasteiger partial charge is 0.404 e. The van der Waals surface area contributed by atoms with Crippen LogP contribution in [0.4, 0.5) is 29.2 Å². The van der Waals surface area contributed by atoms with Crippen LogP contribution in [0.25, 0.3) is 16.8 Å². The molecule has 2 fully saturated rings. The molecule has 0 bridgehead atoms. The van der Waals surface area contributed by atoms with Crippen LogP contribution in [0.2, 0.25) is 0 Å². The molecule has 9 nitrogen and oxygen atoms in total. The van der Waals surface area contributed by atoms with E-state index in [1.54, 1.807) is 6.20 Å². The van der Waals surface area contributed by atoms with Gasteiger partial charge in [0.05, 0.1) is 16.8 Å². The van der Waals surface area contributed by atoms with Gasteiger partial charge in [-0.1, -0.05) is 0 Å². The SMILES string of the molecule is N=CC(=CN)c1c(N)ncnc1N1CCC(c2nc(-c3ccc(F)c(C(F)(F)F)c3)cn2CCN2CCC2)CC1. The molecule has 0 amide bonds. The highest BCUT2D eigenvalue weighted by Gasteiger charge is 2.35. The van der Waals surface area contributed by atoms with Gasteiger partial charge in [0.2, 0.25) is 0 Å². The molecular formula is C27H31F4N9. The highest BCUT2D eigenvalue weighted by Crippen LogP contribution is 2.37. The number of nitrogens with zero attached hydrogens (tertiary/aromatic N) is 6. The zero-order valence-electron chi connectivity index (χ0n) is 21.8. The van der Waals surface area contributed by atoms with Crippen LogP contribution < -0.4 is 16.4 Å². The normalized spacial score (nSPS) is 17.2. The predicted molar refractivity (Wildman–Crippen MR) is 145 cm³/mol. The molecule has 40 heavy (non-hydrogen) atoms. The van der Waals surface area contributed by atoms with Gasteiger partial charge in [0, 0.05) is 61.8 Å². The number of alkyl halides is 3. The first-order valence-electron chi connectivity index (χ1n) is 13.1. The zero-order valence-corrected chi connectivity index (χ0v) is 21.8. The van der Waals surface area contributed by atoms with Gasteiger partial charge < -0.3 is 31.2 Å². The van der Waals surface area contributed by atoms with Gasteiger partial charge in [-0.05, 0) is 50.6 Å². The van der Waals surface area contributed by atoms with Gasteiger partial charge in [0.15, 0.2) is 0 Å². The molecule has 2 aliphatic heterocycles. The standard InChI is InChI=1S/C27H31F4N9/c28-21-3-2-18(12-20(21)27(29,30)31)22-15-40(11-10-38-6-1-7-38)25(37-22)17-4-8-39(9-5-17)26-23(19(13-32)14-33)24(34)35-16-36-26/h2-3,12-17,32H,1,4-11,33H2,(H2,34,35,36). The fraction of sp³-hybridized carbons (Fsp3) is 0.407. The van der Waals surface area contributed by atoms with Crippen molar-refractivity contribution in [2.75, 3.05) is 43.4 Å². The predicted octanol–water partition coefficient (Wildman–Crippen LogP) is 4.12. The van der Waals surface area contributed by atoms with Crippen molar-refractivity contribution in [1.82, 2.24) is 24.4 Å². The van der Waals surface area contributed by atoms with Crippen molar-refractivity contribution >= 4 is 23.4 Å². The lowest BCUT2D eigenvalue weighted by atomic mass is 9.95. The number of piperidine rings is 1. The van der Waals surface area contributed by atoms with Crippen LogP contribution in [0.15, 0.2) is 36.9 Å². The van der Waals surface area contributed by atoms with Gasteiger partial charge in [-0.2, -0.15) is 13.2 Å². The second-order valence-corrected chi connectivity index (χ2v) is 10.1. The number of hydrogen-bond acceptors (Lipinski definition) is 8. The largest absolute Gasteiger partial charge is 0.419 e. The summed E-state index contributed by atoms with van der Waals surface area (Å²) in [7, 11) is 0. The Balaban J connectivity index is 1.41. The van der Waals surface area contributed by atoms with Crippen LogP contribution in [-0.4, -0.2) is 63.4 Å². The Hall–Kier alpha value is -4.00. The monoisotopic (exact) mass is 557 g/mol. The van der Waals surface area contributed by atoms with Crippen molar-refractivity contribution in [3.05, 3.63) is 59.7 Å². The summed E-state index contributed by atoms with van der Waals surface area (Å²) in [6, 6.07) is 3.02. The third kappa shape index (κ3) is 5.51. The molecule has 5 N–H and O–H groups in total. The molecule has 0 spiro atoms. The third-order valence-corrected chi connectivity index (χ3v) is 7.62. The Labute approximate surface area is 229 Å². The molecule has 0 unspecified atom stereocenters. The summed E-state index contributed by atoms with van der Waals surface area (Å²) in [6.45, 7) is 4.77. The van der Waals surface area contributed by atoms with Crippen LogP contribution in [-0.2, 0) is 12.7 Å². The summed E-state index contributed by atoms with van der Waals surface area (Å²) in [5.74, 6) is 0.382. The van der Waals surface area contributed by atoms with Crippen molar-refractivity contribution < 1.29 is 17.6 Å². The number of halogens is 4. The molecule has 0 aliphatic carbocycles.